The molecule has 0 radical (unpaired) electrons. The summed E-state index contributed by atoms with van der Waals surface area (Å²) < 4.78 is 18.6. The van der Waals surface area contributed by atoms with Crippen molar-refractivity contribution in [2.24, 2.45) is 11.3 Å². The van der Waals surface area contributed by atoms with Crippen molar-refractivity contribution in [3.63, 3.8) is 0 Å². The van der Waals surface area contributed by atoms with Gasteiger partial charge in [-0.2, -0.15) is 0 Å². The van der Waals surface area contributed by atoms with Crippen molar-refractivity contribution in [1.29, 1.82) is 0 Å². The summed E-state index contributed by atoms with van der Waals surface area (Å²) in [4.78, 5) is 45.7. The molecule has 0 unspecified atom stereocenters. The van der Waals surface area contributed by atoms with Gasteiger partial charge in [-0.25, -0.2) is 0 Å². The van der Waals surface area contributed by atoms with Crippen LogP contribution < -0.4 is 19.8 Å². The Morgan fingerprint density at radius 3 is 2.23 bits per heavy atom. The molecule has 1 aromatic heterocycles. The molecule has 208 valence electrons. The minimum atomic E-state index is -1.44. The molecule has 1 aromatic carbocycles. The maximum Gasteiger partial charge on any atom is 0.250 e. The van der Waals surface area contributed by atoms with Gasteiger partial charge >= 0.3 is 0 Å². The van der Waals surface area contributed by atoms with E-state index in [0.717, 1.165) is 12.1 Å². The molecule has 39 heavy (non-hydrogen) atoms. The molecule has 0 spiro atoms. The monoisotopic (exact) mass is 554 g/mol. The average molecular weight is 555 g/mol. The number of methoxy groups -OCH3 is 3. The first-order valence-electron chi connectivity index (χ1n) is 12.9. The van der Waals surface area contributed by atoms with E-state index in [1.807, 2.05) is 16.7 Å². The number of nitrogens with zero attached hydrogens (tertiary/aromatic N) is 4. The Morgan fingerprint density at radius 1 is 0.897 bits per heavy atom. The zero-order valence-corrected chi connectivity index (χ0v) is 23.7. The fourth-order valence-corrected chi connectivity index (χ4v) is 6.77. The Hall–Kier alpha value is -3.44. The standard InChI is InChI=1S/C28H34N4O6S/c1-29-25(34)28(26(35)30(2)27(29)39,12-18-9-10-21(36-3)24(38-5)23(18)37-4)16-31-13-17-11-19(15-31)20-7-6-8-22(33)32(20)14-17/h6-10,17,19H,11-16H2,1-5H3/t17-,19-/m0/s1. The molecule has 3 aliphatic rings. The summed E-state index contributed by atoms with van der Waals surface area (Å²) in [6.07, 6.45) is 1.07. The zero-order chi connectivity index (χ0) is 28.1. The predicted molar refractivity (Wildman–Crippen MR) is 148 cm³/mol. The summed E-state index contributed by atoms with van der Waals surface area (Å²) in [6.45, 7) is 2.16. The SMILES string of the molecule is COc1ccc(CC2(CN3C[C@@H]4C[C@@H](C3)c3cccc(=O)n3C4)C(=O)N(C)C(=S)N(C)C2=O)c(OC)c1OC. The molecule has 2 aromatic rings. The first kappa shape index (κ1) is 27.1. The predicted octanol–water partition coefficient (Wildman–Crippen LogP) is 1.74. The highest BCUT2D eigenvalue weighted by Gasteiger charge is 2.56. The molecule has 5 rings (SSSR count). The smallest absolute Gasteiger partial charge is 0.250 e. The van der Waals surface area contributed by atoms with Crippen LogP contribution in [0, 0.1) is 11.3 Å². The van der Waals surface area contributed by atoms with E-state index in [1.165, 1.54) is 31.1 Å². The van der Waals surface area contributed by atoms with Crippen LogP contribution >= 0.6 is 12.2 Å². The normalized spacial score (nSPS) is 22.5. The highest BCUT2D eigenvalue weighted by atomic mass is 32.1. The van der Waals surface area contributed by atoms with Crippen LogP contribution in [0.2, 0.25) is 0 Å². The minimum Gasteiger partial charge on any atom is -0.493 e. The maximum atomic E-state index is 14.1. The lowest BCUT2D eigenvalue weighted by Crippen LogP contribution is -2.67. The van der Waals surface area contributed by atoms with Crippen molar-refractivity contribution in [3.05, 3.63) is 51.9 Å². The number of carbonyl (C=O) groups excluding carboxylic acids is 2. The number of pyridine rings is 1. The number of piperidine rings is 1. The van der Waals surface area contributed by atoms with Gasteiger partial charge in [-0.15, -0.1) is 0 Å². The number of carbonyl (C=O) groups is 2. The fraction of sp³-hybridized carbons (Fsp3) is 0.500. The molecule has 0 saturated carbocycles. The van der Waals surface area contributed by atoms with E-state index in [4.69, 9.17) is 26.4 Å². The third kappa shape index (κ3) is 4.37. The lowest BCUT2D eigenvalue weighted by Gasteiger charge is -2.48. The van der Waals surface area contributed by atoms with Crippen molar-refractivity contribution in [2.45, 2.75) is 25.3 Å². The van der Waals surface area contributed by atoms with Crippen LogP contribution in [0.3, 0.4) is 0 Å². The molecule has 2 saturated heterocycles. The van der Waals surface area contributed by atoms with Gasteiger partial charge in [0.05, 0.1) is 21.3 Å². The van der Waals surface area contributed by atoms with E-state index in [-0.39, 0.29) is 47.3 Å². The summed E-state index contributed by atoms with van der Waals surface area (Å²) in [5, 5.41) is 0.170. The zero-order valence-electron chi connectivity index (χ0n) is 22.9. The number of ether oxygens (including phenoxy) is 3. The number of amides is 2. The van der Waals surface area contributed by atoms with Crippen LogP contribution in [0.5, 0.6) is 17.2 Å². The van der Waals surface area contributed by atoms with E-state index in [0.29, 0.717) is 42.4 Å². The van der Waals surface area contributed by atoms with Gasteiger partial charge in [0.2, 0.25) is 17.6 Å². The molecule has 2 fully saturated rings. The second-order valence-electron chi connectivity index (χ2n) is 10.7. The molecule has 2 amide bonds. The largest absolute Gasteiger partial charge is 0.493 e. The van der Waals surface area contributed by atoms with Crippen LogP contribution in [0.1, 0.15) is 23.6 Å². The molecular formula is C28H34N4O6S. The number of aromatic nitrogens is 1. The summed E-state index contributed by atoms with van der Waals surface area (Å²) in [7, 11) is 7.81. The summed E-state index contributed by atoms with van der Waals surface area (Å²) in [6, 6.07) is 8.97. The molecule has 4 heterocycles. The number of rotatable bonds is 7. The summed E-state index contributed by atoms with van der Waals surface area (Å²) >= 11 is 5.42. The molecule has 2 atom stereocenters. The first-order valence-corrected chi connectivity index (χ1v) is 13.4. The maximum absolute atomic E-state index is 14.1. The summed E-state index contributed by atoms with van der Waals surface area (Å²) in [5.41, 5.74) is 0.235. The van der Waals surface area contributed by atoms with Gasteiger partial charge in [0, 0.05) is 64.4 Å². The number of hydrogen-bond acceptors (Lipinski definition) is 8. The van der Waals surface area contributed by atoms with Gasteiger partial charge in [-0.05, 0) is 42.3 Å². The van der Waals surface area contributed by atoms with Crippen molar-refractivity contribution in [3.8, 4) is 17.2 Å². The van der Waals surface area contributed by atoms with Gasteiger partial charge in [0.15, 0.2) is 16.6 Å². The molecule has 10 nitrogen and oxygen atoms in total. The van der Waals surface area contributed by atoms with E-state index in [1.54, 1.807) is 32.3 Å². The van der Waals surface area contributed by atoms with Crippen molar-refractivity contribution >= 4 is 29.1 Å². The number of fused-ring (bicyclic) bond motifs is 4. The summed E-state index contributed by atoms with van der Waals surface area (Å²) in [5.74, 6) is 0.995. The van der Waals surface area contributed by atoms with Crippen molar-refractivity contribution in [2.75, 3.05) is 55.1 Å². The number of benzene rings is 1. The molecule has 0 aliphatic carbocycles. The van der Waals surface area contributed by atoms with Gasteiger partial charge in [-0.1, -0.05) is 12.1 Å². The number of hydrogen-bond donors (Lipinski definition) is 0. The van der Waals surface area contributed by atoms with Crippen LogP contribution in [-0.4, -0.2) is 91.3 Å². The Balaban J connectivity index is 1.56. The van der Waals surface area contributed by atoms with Gasteiger partial charge < -0.3 is 23.7 Å². The fourth-order valence-electron chi connectivity index (χ4n) is 6.61. The Kier molecular flexibility index (Phi) is 7.15. The molecule has 3 aliphatic heterocycles. The third-order valence-electron chi connectivity index (χ3n) is 8.33. The Labute approximate surface area is 233 Å². The Morgan fingerprint density at radius 2 is 1.59 bits per heavy atom. The van der Waals surface area contributed by atoms with Crippen LogP contribution in [0.25, 0.3) is 0 Å². The van der Waals surface area contributed by atoms with Crippen LogP contribution in [0.4, 0.5) is 0 Å². The van der Waals surface area contributed by atoms with Crippen molar-refractivity contribution in [1.82, 2.24) is 19.3 Å². The van der Waals surface area contributed by atoms with Gasteiger partial charge in [0.1, 0.15) is 5.41 Å². The number of likely N-dealkylation sites (tertiary alicyclic amines) is 1. The third-order valence-corrected chi connectivity index (χ3v) is 8.88. The van der Waals surface area contributed by atoms with E-state index < -0.39 is 5.41 Å². The van der Waals surface area contributed by atoms with Crippen molar-refractivity contribution < 1.29 is 23.8 Å². The second kappa shape index (κ2) is 10.3. The lowest BCUT2D eigenvalue weighted by molar-refractivity contribution is -0.157. The Bertz CT molecular complexity index is 1370. The quantitative estimate of drug-likeness (QED) is 0.378. The van der Waals surface area contributed by atoms with E-state index in [9.17, 15) is 14.4 Å². The highest BCUT2D eigenvalue weighted by Crippen LogP contribution is 2.44. The highest BCUT2D eigenvalue weighted by molar-refractivity contribution is 7.80. The average Bonchev–Trinajstić information content (AvgIpc) is 2.94. The van der Waals surface area contributed by atoms with Gasteiger partial charge in [-0.3, -0.25) is 24.2 Å². The van der Waals surface area contributed by atoms with E-state index in [2.05, 4.69) is 4.90 Å². The van der Waals surface area contributed by atoms with Crippen LogP contribution in [-0.2, 0) is 22.6 Å². The van der Waals surface area contributed by atoms with Crippen LogP contribution in [0.15, 0.2) is 35.1 Å². The topological polar surface area (TPSA) is 93.6 Å². The molecule has 2 bridgehead atoms. The van der Waals surface area contributed by atoms with E-state index >= 15 is 0 Å². The molecule has 11 heteroatoms. The minimum absolute atomic E-state index is 0.0158. The second-order valence-corrected chi connectivity index (χ2v) is 11.0. The first-order chi connectivity index (χ1) is 18.6. The molecular weight excluding hydrogens is 520 g/mol. The molecule has 0 N–H and O–H groups in total. The van der Waals surface area contributed by atoms with Gasteiger partial charge in [0.25, 0.3) is 5.56 Å². The number of thiocarbonyl (C=S) groups is 1. The lowest BCUT2D eigenvalue weighted by atomic mass is 9.75.